The summed E-state index contributed by atoms with van der Waals surface area (Å²) in [6, 6.07) is 2.81. The fourth-order valence-electron chi connectivity index (χ4n) is 1.88. The molecule has 0 fully saturated rings. The highest BCUT2D eigenvalue weighted by Gasteiger charge is 2.19. The van der Waals surface area contributed by atoms with Gasteiger partial charge in [-0.1, -0.05) is 20.3 Å². The molecule has 1 aromatic rings. The molecule has 1 rings (SSSR count). The summed E-state index contributed by atoms with van der Waals surface area (Å²) in [5, 5.41) is 3.43. The first-order valence-electron chi connectivity index (χ1n) is 5.34. The molecule has 0 aromatic carbocycles. The summed E-state index contributed by atoms with van der Waals surface area (Å²) in [7, 11) is 2.06. The summed E-state index contributed by atoms with van der Waals surface area (Å²) in [5.41, 5.74) is 1.44. The minimum atomic E-state index is 0.527. The second-order valence-corrected chi connectivity index (χ2v) is 5.34. The number of nitrogens with one attached hydrogen (secondary N) is 1. The predicted octanol–water partition coefficient (Wildman–Crippen LogP) is 3.67. The van der Waals surface area contributed by atoms with Gasteiger partial charge in [0.15, 0.2) is 0 Å². The van der Waals surface area contributed by atoms with E-state index in [9.17, 15) is 0 Å². The zero-order valence-corrected chi connectivity index (χ0v) is 10.7. The molecule has 2 atom stereocenters. The Balaban J connectivity index is 2.94. The molecule has 0 saturated carbocycles. The molecule has 1 aromatic heterocycles. The van der Waals surface area contributed by atoms with Crippen molar-refractivity contribution >= 4 is 11.3 Å². The van der Waals surface area contributed by atoms with Crippen molar-refractivity contribution in [1.82, 2.24) is 5.32 Å². The summed E-state index contributed by atoms with van der Waals surface area (Å²) in [4.78, 5) is 2.93. The molecule has 0 saturated heterocycles. The van der Waals surface area contributed by atoms with Crippen LogP contribution in [0.25, 0.3) is 0 Å². The second-order valence-electron chi connectivity index (χ2n) is 4.06. The molecule has 2 heteroatoms. The topological polar surface area (TPSA) is 12.0 Å². The minimum absolute atomic E-state index is 0.527. The second kappa shape index (κ2) is 4.94. The quantitative estimate of drug-likeness (QED) is 0.801. The number of thiophene rings is 1. The van der Waals surface area contributed by atoms with E-state index in [1.807, 2.05) is 11.3 Å². The molecule has 0 aliphatic rings. The lowest BCUT2D eigenvalue weighted by Gasteiger charge is -2.22. The first kappa shape index (κ1) is 11.7. The standard InChI is InChI=1S/C12H21NS/c1-6-8(2)11(13-5)12-9(3)7-10(4)14-12/h7-8,11,13H,6H2,1-5H3. The largest absolute Gasteiger partial charge is 0.312 e. The van der Waals surface area contributed by atoms with E-state index < -0.39 is 0 Å². The van der Waals surface area contributed by atoms with Crippen LogP contribution in [0.5, 0.6) is 0 Å². The van der Waals surface area contributed by atoms with E-state index in [0.717, 1.165) is 0 Å². The maximum atomic E-state index is 3.43. The maximum Gasteiger partial charge on any atom is 0.0441 e. The zero-order valence-electron chi connectivity index (χ0n) is 9.85. The van der Waals surface area contributed by atoms with Gasteiger partial charge in [-0.05, 0) is 38.4 Å². The van der Waals surface area contributed by atoms with Gasteiger partial charge in [-0.25, -0.2) is 0 Å². The van der Waals surface area contributed by atoms with Gasteiger partial charge < -0.3 is 5.32 Å². The molecular formula is C12H21NS. The monoisotopic (exact) mass is 211 g/mol. The molecule has 80 valence electrons. The van der Waals surface area contributed by atoms with E-state index in [2.05, 4.69) is 46.1 Å². The highest BCUT2D eigenvalue weighted by atomic mass is 32.1. The van der Waals surface area contributed by atoms with E-state index in [1.165, 1.54) is 21.7 Å². The van der Waals surface area contributed by atoms with Crippen LogP contribution in [0.1, 0.15) is 41.6 Å². The first-order valence-corrected chi connectivity index (χ1v) is 6.16. The van der Waals surface area contributed by atoms with Crippen molar-refractivity contribution in [2.75, 3.05) is 7.05 Å². The van der Waals surface area contributed by atoms with E-state index in [0.29, 0.717) is 12.0 Å². The summed E-state index contributed by atoms with van der Waals surface area (Å²) in [6.07, 6.45) is 1.22. The molecule has 0 aliphatic heterocycles. The normalized spacial score (nSPS) is 15.5. The SMILES string of the molecule is CCC(C)C(NC)c1sc(C)cc1C. The molecule has 0 aliphatic carbocycles. The van der Waals surface area contributed by atoms with E-state index in [4.69, 9.17) is 0 Å². The van der Waals surface area contributed by atoms with Crippen LogP contribution in [0, 0.1) is 19.8 Å². The Hall–Kier alpha value is -0.340. The van der Waals surface area contributed by atoms with E-state index in [-0.39, 0.29) is 0 Å². The number of hydrogen-bond donors (Lipinski definition) is 1. The number of rotatable bonds is 4. The van der Waals surface area contributed by atoms with Gasteiger partial charge in [-0.15, -0.1) is 11.3 Å². The Kier molecular flexibility index (Phi) is 4.14. The van der Waals surface area contributed by atoms with Crippen molar-refractivity contribution in [2.24, 2.45) is 5.92 Å². The highest BCUT2D eigenvalue weighted by molar-refractivity contribution is 7.12. The highest BCUT2D eigenvalue weighted by Crippen LogP contribution is 2.32. The van der Waals surface area contributed by atoms with Gasteiger partial charge >= 0.3 is 0 Å². The van der Waals surface area contributed by atoms with Crippen molar-refractivity contribution in [1.29, 1.82) is 0 Å². The third-order valence-electron chi connectivity index (χ3n) is 2.89. The van der Waals surface area contributed by atoms with Gasteiger partial charge in [-0.2, -0.15) is 0 Å². The molecule has 1 nitrogen and oxygen atoms in total. The van der Waals surface area contributed by atoms with Gasteiger partial charge in [-0.3, -0.25) is 0 Å². The lowest BCUT2D eigenvalue weighted by molar-refractivity contribution is 0.405. The van der Waals surface area contributed by atoms with Crippen LogP contribution in [0.4, 0.5) is 0 Å². The van der Waals surface area contributed by atoms with Gasteiger partial charge in [0.25, 0.3) is 0 Å². The smallest absolute Gasteiger partial charge is 0.0441 e. The van der Waals surface area contributed by atoms with Crippen LogP contribution in [0.2, 0.25) is 0 Å². The van der Waals surface area contributed by atoms with Crippen LogP contribution < -0.4 is 5.32 Å². The third kappa shape index (κ3) is 2.37. The fourth-order valence-corrected chi connectivity index (χ4v) is 3.16. The number of hydrogen-bond acceptors (Lipinski definition) is 2. The van der Waals surface area contributed by atoms with E-state index >= 15 is 0 Å². The van der Waals surface area contributed by atoms with Crippen molar-refractivity contribution in [2.45, 2.75) is 40.2 Å². The fraction of sp³-hybridized carbons (Fsp3) is 0.667. The van der Waals surface area contributed by atoms with Crippen molar-refractivity contribution < 1.29 is 0 Å². The minimum Gasteiger partial charge on any atom is -0.312 e. The van der Waals surface area contributed by atoms with Crippen LogP contribution >= 0.6 is 11.3 Å². The Labute approximate surface area is 91.5 Å². The van der Waals surface area contributed by atoms with Gasteiger partial charge in [0.2, 0.25) is 0 Å². The molecule has 1 heterocycles. The van der Waals surface area contributed by atoms with Crippen LogP contribution in [-0.4, -0.2) is 7.05 Å². The zero-order chi connectivity index (χ0) is 10.7. The molecule has 1 N–H and O–H groups in total. The Morgan fingerprint density at radius 3 is 2.43 bits per heavy atom. The molecule has 0 amide bonds. The van der Waals surface area contributed by atoms with Crippen molar-refractivity contribution in [3.05, 3.63) is 21.4 Å². The van der Waals surface area contributed by atoms with Crippen molar-refractivity contribution in [3.8, 4) is 0 Å². The predicted molar refractivity (Wildman–Crippen MR) is 65.0 cm³/mol. The molecule has 14 heavy (non-hydrogen) atoms. The third-order valence-corrected chi connectivity index (χ3v) is 4.12. The number of aryl methyl sites for hydroxylation is 2. The molecule has 0 bridgehead atoms. The summed E-state index contributed by atoms with van der Waals surface area (Å²) >= 11 is 1.93. The molecule has 0 radical (unpaired) electrons. The summed E-state index contributed by atoms with van der Waals surface area (Å²) in [5.74, 6) is 0.705. The van der Waals surface area contributed by atoms with Crippen molar-refractivity contribution in [3.63, 3.8) is 0 Å². The average Bonchev–Trinajstić information content (AvgIpc) is 2.47. The Morgan fingerprint density at radius 1 is 1.43 bits per heavy atom. The van der Waals surface area contributed by atoms with Gasteiger partial charge in [0.1, 0.15) is 0 Å². The Morgan fingerprint density at radius 2 is 2.07 bits per heavy atom. The first-order chi connectivity index (χ1) is 6.60. The van der Waals surface area contributed by atoms with Gasteiger partial charge in [0, 0.05) is 15.8 Å². The lowest BCUT2D eigenvalue weighted by Crippen LogP contribution is -2.22. The molecule has 2 unspecified atom stereocenters. The molecule has 0 spiro atoms. The molecular weight excluding hydrogens is 190 g/mol. The summed E-state index contributed by atoms with van der Waals surface area (Å²) < 4.78 is 0. The van der Waals surface area contributed by atoms with Crippen LogP contribution in [0.15, 0.2) is 6.07 Å². The van der Waals surface area contributed by atoms with E-state index in [1.54, 1.807) is 0 Å². The summed E-state index contributed by atoms with van der Waals surface area (Å²) in [6.45, 7) is 8.97. The average molecular weight is 211 g/mol. The van der Waals surface area contributed by atoms with Crippen LogP contribution in [0.3, 0.4) is 0 Å². The van der Waals surface area contributed by atoms with Crippen LogP contribution in [-0.2, 0) is 0 Å². The lowest BCUT2D eigenvalue weighted by atomic mass is 9.96. The van der Waals surface area contributed by atoms with Gasteiger partial charge in [0.05, 0.1) is 0 Å². The maximum absolute atomic E-state index is 3.43. The Bertz CT molecular complexity index is 291.